The molecule has 0 saturated heterocycles. The third-order valence-corrected chi connectivity index (χ3v) is 2.21. The number of rotatable bonds is 3. The van der Waals surface area contributed by atoms with E-state index in [0.29, 0.717) is 10.9 Å². The maximum absolute atomic E-state index is 7.05. The molecule has 1 aromatic rings. The van der Waals surface area contributed by atoms with Gasteiger partial charge in [-0.15, -0.1) is 0 Å². The molecule has 1 heterocycles. The minimum absolute atomic E-state index is 0.146. The first kappa shape index (κ1) is 9.98. The molecular weight excluding hydrogens is 184 g/mol. The van der Waals surface area contributed by atoms with E-state index in [1.54, 1.807) is 0 Å². The fourth-order valence-electron chi connectivity index (χ4n) is 0.900. The van der Waals surface area contributed by atoms with Crippen LogP contribution in [0.1, 0.15) is 11.4 Å². The molecule has 0 radical (unpaired) electrons. The van der Waals surface area contributed by atoms with E-state index in [2.05, 4.69) is 9.97 Å². The first-order valence-corrected chi connectivity index (χ1v) is 4.84. The van der Waals surface area contributed by atoms with Crippen LogP contribution in [0.25, 0.3) is 0 Å². The zero-order chi connectivity index (χ0) is 9.84. The Kier molecular flexibility index (Phi) is 3.25. The van der Waals surface area contributed by atoms with E-state index in [0.717, 1.165) is 11.4 Å². The van der Waals surface area contributed by atoms with Gasteiger partial charge in [0.15, 0.2) is 5.16 Å². The van der Waals surface area contributed by atoms with Crippen molar-refractivity contribution in [1.29, 1.82) is 5.41 Å². The van der Waals surface area contributed by atoms with Gasteiger partial charge < -0.3 is 5.73 Å². The van der Waals surface area contributed by atoms with Gasteiger partial charge in [-0.1, -0.05) is 11.8 Å². The number of amidine groups is 1. The molecule has 0 aliphatic rings. The van der Waals surface area contributed by atoms with Crippen LogP contribution in [-0.4, -0.2) is 21.6 Å². The van der Waals surface area contributed by atoms with Gasteiger partial charge in [0.25, 0.3) is 0 Å². The number of thioether (sulfide) groups is 1. The van der Waals surface area contributed by atoms with Crippen LogP contribution in [0.2, 0.25) is 0 Å². The summed E-state index contributed by atoms with van der Waals surface area (Å²) < 4.78 is 0. The molecule has 13 heavy (non-hydrogen) atoms. The summed E-state index contributed by atoms with van der Waals surface area (Å²) in [7, 11) is 0. The number of hydrogen-bond donors (Lipinski definition) is 2. The number of nitrogens with zero attached hydrogens (tertiary/aromatic N) is 2. The molecule has 0 fully saturated rings. The summed E-state index contributed by atoms with van der Waals surface area (Å²) in [5.41, 5.74) is 7.11. The van der Waals surface area contributed by atoms with Crippen LogP contribution in [-0.2, 0) is 0 Å². The van der Waals surface area contributed by atoms with Crippen LogP contribution in [0.5, 0.6) is 0 Å². The van der Waals surface area contributed by atoms with E-state index >= 15 is 0 Å². The second-order valence-electron chi connectivity index (χ2n) is 2.75. The summed E-state index contributed by atoms with van der Waals surface area (Å²) in [6.07, 6.45) is 0. The molecule has 0 aliphatic heterocycles. The van der Waals surface area contributed by atoms with Crippen LogP contribution in [0.15, 0.2) is 11.2 Å². The average Bonchev–Trinajstić information content (AvgIpc) is 1.99. The van der Waals surface area contributed by atoms with E-state index in [1.807, 2.05) is 19.9 Å². The summed E-state index contributed by atoms with van der Waals surface area (Å²) in [5.74, 6) is 0.593. The molecule has 0 aromatic carbocycles. The highest BCUT2D eigenvalue weighted by atomic mass is 32.2. The van der Waals surface area contributed by atoms with Crippen molar-refractivity contribution in [1.82, 2.24) is 9.97 Å². The number of aryl methyl sites for hydroxylation is 2. The van der Waals surface area contributed by atoms with Crippen molar-refractivity contribution in [2.75, 3.05) is 5.75 Å². The van der Waals surface area contributed by atoms with Crippen LogP contribution in [0.4, 0.5) is 0 Å². The third kappa shape index (κ3) is 3.42. The fourth-order valence-corrected chi connectivity index (χ4v) is 1.60. The van der Waals surface area contributed by atoms with Crippen molar-refractivity contribution >= 4 is 17.6 Å². The van der Waals surface area contributed by atoms with Crippen molar-refractivity contribution in [2.24, 2.45) is 5.73 Å². The average molecular weight is 196 g/mol. The highest BCUT2D eigenvalue weighted by Gasteiger charge is 2.00. The van der Waals surface area contributed by atoms with E-state index < -0.39 is 0 Å². The van der Waals surface area contributed by atoms with Crippen LogP contribution < -0.4 is 5.73 Å². The Morgan fingerprint density at radius 2 is 2.00 bits per heavy atom. The van der Waals surface area contributed by atoms with Gasteiger partial charge in [0.1, 0.15) is 5.84 Å². The molecule has 3 N–H and O–H groups in total. The van der Waals surface area contributed by atoms with Crippen LogP contribution in [0.3, 0.4) is 0 Å². The van der Waals surface area contributed by atoms with Gasteiger partial charge in [-0.25, -0.2) is 9.97 Å². The molecule has 0 unspecified atom stereocenters. The molecule has 1 aromatic heterocycles. The second kappa shape index (κ2) is 4.23. The summed E-state index contributed by atoms with van der Waals surface area (Å²) in [6, 6.07) is 1.91. The van der Waals surface area contributed by atoms with E-state index in [1.165, 1.54) is 11.8 Å². The minimum atomic E-state index is 0.146. The number of nitrogens with one attached hydrogen (secondary N) is 1. The minimum Gasteiger partial charge on any atom is -0.387 e. The molecule has 0 spiro atoms. The van der Waals surface area contributed by atoms with Gasteiger partial charge in [0, 0.05) is 11.4 Å². The first-order valence-electron chi connectivity index (χ1n) is 3.86. The third-order valence-electron chi connectivity index (χ3n) is 1.32. The first-order chi connectivity index (χ1) is 6.08. The summed E-state index contributed by atoms with van der Waals surface area (Å²) in [5, 5.41) is 7.74. The lowest BCUT2D eigenvalue weighted by molar-refractivity contribution is 0.903. The molecule has 1 rings (SSSR count). The van der Waals surface area contributed by atoms with Gasteiger partial charge >= 0.3 is 0 Å². The molecule has 0 amide bonds. The Bertz CT molecular complexity index is 304. The highest BCUT2D eigenvalue weighted by Crippen LogP contribution is 2.12. The molecule has 0 aliphatic carbocycles. The normalized spacial score (nSPS) is 10.0. The lowest BCUT2D eigenvalue weighted by atomic mass is 10.4. The molecule has 4 nitrogen and oxygen atoms in total. The monoisotopic (exact) mass is 196 g/mol. The van der Waals surface area contributed by atoms with Crippen molar-refractivity contribution < 1.29 is 0 Å². The molecule has 0 saturated carbocycles. The van der Waals surface area contributed by atoms with Gasteiger partial charge in [0.2, 0.25) is 0 Å². The molecule has 0 atom stereocenters. The van der Waals surface area contributed by atoms with Crippen LogP contribution >= 0.6 is 11.8 Å². The fraction of sp³-hybridized carbons (Fsp3) is 0.375. The highest BCUT2D eigenvalue weighted by molar-refractivity contribution is 7.99. The Hall–Kier alpha value is -1.10. The predicted octanol–water partition coefficient (Wildman–Crippen LogP) is 1.12. The largest absolute Gasteiger partial charge is 0.387 e. The lowest BCUT2D eigenvalue weighted by Gasteiger charge is -2.01. The van der Waals surface area contributed by atoms with Gasteiger partial charge in [-0.3, -0.25) is 5.41 Å². The second-order valence-corrected chi connectivity index (χ2v) is 3.69. The zero-order valence-electron chi connectivity index (χ0n) is 7.66. The van der Waals surface area contributed by atoms with Gasteiger partial charge in [0.05, 0.1) is 5.75 Å². The Morgan fingerprint density at radius 1 is 1.46 bits per heavy atom. The van der Waals surface area contributed by atoms with Crippen molar-refractivity contribution in [2.45, 2.75) is 19.0 Å². The van der Waals surface area contributed by atoms with Crippen molar-refractivity contribution in [3.8, 4) is 0 Å². The Morgan fingerprint density at radius 3 is 2.46 bits per heavy atom. The zero-order valence-corrected chi connectivity index (χ0v) is 8.48. The molecule has 5 heteroatoms. The molecular formula is C8H12N4S. The Labute approximate surface area is 81.5 Å². The number of hydrogen-bond acceptors (Lipinski definition) is 4. The van der Waals surface area contributed by atoms with E-state index in [-0.39, 0.29) is 5.84 Å². The summed E-state index contributed by atoms with van der Waals surface area (Å²) in [6.45, 7) is 3.85. The number of nitrogens with two attached hydrogens (primary N) is 1. The quantitative estimate of drug-likeness (QED) is 0.329. The van der Waals surface area contributed by atoms with Gasteiger partial charge in [-0.05, 0) is 19.9 Å². The maximum atomic E-state index is 7.05. The SMILES string of the molecule is Cc1cc(C)nc(SCC(=N)N)n1. The standard InChI is InChI=1S/C8H12N4S/c1-5-3-6(2)12-8(11-5)13-4-7(9)10/h3H,4H2,1-2H3,(H3,9,10). The van der Waals surface area contributed by atoms with Gasteiger partial charge in [-0.2, -0.15) is 0 Å². The van der Waals surface area contributed by atoms with Crippen molar-refractivity contribution in [3.05, 3.63) is 17.5 Å². The van der Waals surface area contributed by atoms with E-state index in [9.17, 15) is 0 Å². The topological polar surface area (TPSA) is 75.7 Å². The lowest BCUT2D eigenvalue weighted by Crippen LogP contribution is -2.12. The van der Waals surface area contributed by atoms with Crippen molar-refractivity contribution in [3.63, 3.8) is 0 Å². The number of aromatic nitrogens is 2. The van der Waals surface area contributed by atoms with E-state index in [4.69, 9.17) is 11.1 Å². The smallest absolute Gasteiger partial charge is 0.188 e. The van der Waals surface area contributed by atoms with Crippen LogP contribution in [0, 0.1) is 19.3 Å². The summed E-state index contributed by atoms with van der Waals surface area (Å²) in [4.78, 5) is 8.41. The molecule has 0 bridgehead atoms. The Balaban J connectivity index is 2.71. The molecule has 70 valence electrons. The predicted molar refractivity (Wildman–Crippen MR) is 54.1 cm³/mol. The summed E-state index contributed by atoms with van der Waals surface area (Å²) >= 11 is 1.39. The maximum Gasteiger partial charge on any atom is 0.188 e.